The average molecular weight is 194 g/mol. The van der Waals surface area contributed by atoms with Crippen LogP contribution in [0.4, 0.5) is 0 Å². The molecule has 0 rings (SSSR count). The molecule has 0 aliphatic heterocycles. The first-order valence-corrected chi connectivity index (χ1v) is 6.20. The van der Waals surface area contributed by atoms with E-state index in [4.69, 9.17) is 0 Å². The highest BCUT2D eigenvalue weighted by Gasteiger charge is 2.03. The van der Waals surface area contributed by atoms with E-state index in [-0.39, 0.29) is 0 Å². The summed E-state index contributed by atoms with van der Waals surface area (Å²) in [5.74, 6) is 0.977. The van der Waals surface area contributed by atoms with E-state index in [0.29, 0.717) is 0 Å². The first-order chi connectivity index (χ1) is 6.85. The van der Waals surface area contributed by atoms with Crippen molar-refractivity contribution in [2.45, 2.75) is 65.7 Å². The van der Waals surface area contributed by atoms with Gasteiger partial charge in [-0.25, -0.2) is 0 Å². The number of hydrogen-bond acceptors (Lipinski definition) is 0. The lowest BCUT2D eigenvalue weighted by atomic mass is 9.94. The molecule has 0 bridgehead atoms. The highest BCUT2D eigenvalue weighted by atomic mass is 14.1. The van der Waals surface area contributed by atoms with Gasteiger partial charge in [-0.05, 0) is 37.8 Å². The summed E-state index contributed by atoms with van der Waals surface area (Å²) in [5, 5.41) is 0. The van der Waals surface area contributed by atoms with Crippen molar-refractivity contribution in [1.82, 2.24) is 0 Å². The van der Waals surface area contributed by atoms with Crippen LogP contribution >= 0.6 is 0 Å². The standard InChI is InChI=1S/C14H26/c1-4-7-8-9-10-11-13-14(6-3)12-5-2/h4,8,14H,5-6,9-13H2,1-3H3. The Bertz CT molecular complexity index is 161. The van der Waals surface area contributed by atoms with E-state index in [1.165, 1.54) is 44.9 Å². The van der Waals surface area contributed by atoms with Crippen molar-refractivity contribution in [1.29, 1.82) is 0 Å². The normalized spacial score (nSPS) is 11.9. The molecule has 0 fully saturated rings. The van der Waals surface area contributed by atoms with Gasteiger partial charge in [-0.15, -0.1) is 5.73 Å². The summed E-state index contributed by atoms with van der Waals surface area (Å²) in [7, 11) is 0. The summed E-state index contributed by atoms with van der Waals surface area (Å²) in [5.41, 5.74) is 3.13. The fourth-order valence-electron chi connectivity index (χ4n) is 1.84. The van der Waals surface area contributed by atoms with Crippen LogP contribution in [0.5, 0.6) is 0 Å². The minimum Gasteiger partial charge on any atom is -0.130 e. The molecule has 1 atom stereocenters. The Labute approximate surface area is 90.1 Å². The van der Waals surface area contributed by atoms with Gasteiger partial charge in [-0.2, -0.15) is 0 Å². The van der Waals surface area contributed by atoms with Crippen molar-refractivity contribution in [3.63, 3.8) is 0 Å². The van der Waals surface area contributed by atoms with Gasteiger partial charge in [0.1, 0.15) is 0 Å². The summed E-state index contributed by atoms with van der Waals surface area (Å²) in [6.07, 6.45) is 13.6. The molecule has 82 valence electrons. The van der Waals surface area contributed by atoms with Crippen molar-refractivity contribution < 1.29 is 0 Å². The second kappa shape index (κ2) is 10.6. The molecule has 0 heterocycles. The average Bonchev–Trinajstić information content (AvgIpc) is 2.21. The molecule has 0 heteroatoms. The molecule has 0 aromatic rings. The highest BCUT2D eigenvalue weighted by molar-refractivity contribution is 4.81. The van der Waals surface area contributed by atoms with Crippen LogP contribution in [0.15, 0.2) is 17.9 Å². The van der Waals surface area contributed by atoms with Crippen molar-refractivity contribution >= 4 is 0 Å². The molecule has 0 amide bonds. The van der Waals surface area contributed by atoms with E-state index in [1.807, 2.05) is 13.0 Å². The van der Waals surface area contributed by atoms with Gasteiger partial charge in [-0.1, -0.05) is 46.0 Å². The Kier molecular flexibility index (Phi) is 10.2. The van der Waals surface area contributed by atoms with Gasteiger partial charge in [0.15, 0.2) is 0 Å². The van der Waals surface area contributed by atoms with E-state index < -0.39 is 0 Å². The summed E-state index contributed by atoms with van der Waals surface area (Å²) in [4.78, 5) is 0. The van der Waals surface area contributed by atoms with E-state index in [9.17, 15) is 0 Å². The molecule has 14 heavy (non-hydrogen) atoms. The lowest BCUT2D eigenvalue weighted by Gasteiger charge is -2.12. The molecule has 0 aromatic carbocycles. The summed E-state index contributed by atoms with van der Waals surface area (Å²) in [6, 6.07) is 0. The van der Waals surface area contributed by atoms with E-state index in [0.717, 1.165) is 5.92 Å². The van der Waals surface area contributed by atoms with Gasteiger partial charge >= 0.3 is 0 Å². The summed E-state index contributed by atoms with van der Waals surface area (Å²) in [6.45, 7) is 6.63. The van der Waals surface area contributed by atoms with Crippen LogP contribution in [0.1, 0.15) is 65.7 Å². The van der Waals surface area contributed by atoms with Crippen molar-refractivity contribution in [3.8, 4) is 0 Å². The zero-order valence-electron chi connectivity index (χ0n) is 10.2. The third-order valence-corrected chi connectivity index (χ3v) is 2.77. The predicted octanol–water partition coefficient (Wildman–Crippen LogP) is 5.10. The Morgan fingerprint density at radius 2 is 1.93 bits per heavy atom. The Morgan fingerprint density at radius 3 is 2.50 bits per heavy atom. The second-order valence-electron chi connectivity index (χ2n) is 4.01. The quantitative estimate of drug-likeness (QED) is 0.372. The molecule has 0 saturated carbocycles. The number of allylic oxidation sites excluding steroid dienone is 1. The van der Waals surface area contributed by atoms with Gasteiger partial charge in [0, 0.05) is 0 Å². The second-order valence-corrected chi connectivity index (χ2v) is 4.01. The minimum atomic E-state index is 0.977. The molecular weight excluding hydrogens is 168 g/mol. The fourth-order valence-corrected chi connectivity index (χ4v) is 1.84. The van der Waals surface area contributed by atoms with E-state index >= 15 is 0 Å². The first kappa shape index (κ1) is 13.5. The van der Waals surface area contributed by atoms with Crippen LogP contribution in [-0.4, -0.2) is 0 Å². The summed E-state index contributed by atoms with van der Waals surface area (Å²) < 4.78 is 0. The Hall–Kier alpha value is -0.480. The molecule has 0 radical (unpaired) electrons. The number of hydrogen-bond donors (Lipinski definition) is 0. The van der Waals surface area contributed by atoms with Crippen LogP contribution in [0, 0.1) is 5.92 Å². The van der Waals surface area contributed by atoms with Crippen molar-refractivity contribution in [2.75, 3.05) is 0 Å². The maximum atomic E-state index is 3.13. The van der Waals surface area contributed by atoms with Crippen LogP contribution in [0.2, 0.25) is 0 Å². The number of unbranched alkanes of at least 4 members (excludes halogenated alkanes) is 2. The zero-order valence-corrected chi connectivity index (χ0v) is 10.2. The monoisotopic (exact) mass is 194 g/mol. The highest BCUT2D eigenvalue weighted by Crippen LogP contribution is 2.18. The van der Waals surface area contributed by atoms with Crippen LogP contribution in [-0.2, 0) is 0 Å². The maximum Gasteiger partial charge on any atom is -0.0274 e. The topological polar surface area (TPSA) is 0 Å². The van der Waals surface area contributed by atoms with Gasteiger partial charge < -0.3 is 0 Å². The third kappa shape index (κ3) is 8.13. The largest absolute Gasteiger partial charge is 0.130 e. The fraction of sp³-hybridized carbons (Fsp3) is 0.786. The molecule has 0 aliphatic rings. The van der Waals surface area contributed by atoms with Gasteiger partial charge in [-0.3, -0.25) is 0 Å². The van der Waals surface area contributed by atoms with Crippen molar-refractivity contribution in [2.24, 2.45) is 5.92 Å². The first-order valence-electron chi connectivity index (χ1n) is 6.20. The Morgan fingerprint density at radius 1 is 1.14 bits per heavy atom. The molecule has 0 aliphatic carbocycles. The maximum absolute atomic E-state index is 3.13. The Balaban J connectivity index is 3.37. The lowest BCUT2D eigenvalue weighted by molar-refractivity contribution is 0.414. The summed E-state index contributed by atoms with van der Waals surface area (Å²) >= 11 is 0. The number of rotatable bonds is 8. The van der Waals surface area contributed by atoms with Crippen LogP contribution in [0.3, 0.4) is 0 Å². The van der Waals surface area contributed by atoms with Gasteiger partial charge in [0.25, 0.3) is 0 Å². The molecule has 0 N–H and O–H groups in total. The van der Waals surface area contributed by atoms with Crippen LogP contribution < -0.4 is 0 Å². The molecule has 1 unspecified atom stereocenters. The van der Waals surface area contributed by atoms with E-state index in [1.54, 1.807) is 0 Å². The molecular formula is C14H26. The molecule has 0 aromatic heterocycles. The van der Waals surface area contributed by atoms with Gasteiger partial charge in [0.2, 0.25) is 0 Å². The molecule has 0 spiro atoms. The third-order valence-electron chi connectivity index (χ3n) is 2.77. The lowest BCUT2D eigenvalue weighted by Crippen LogP contribution is -1.97. The van der Waals surface area contributed by atoms with Gasteiger partial charge in [0.05, 0.1) is 0 Å². The zero-order chi connectivity index (χ0) is 10.6. The van der Waals surface area contributed by atoms with Crippen LogP contribution in [0.25, 0.3) is 0 Å². The smallest absolute Gasteiger partial charge is 0.0274 e. The predicted molar refractivity (Wildman–Crippen MR) is 65.5 cm³/mol. The SMILES string of the molecule is CC=C=CCCCCC(CC)CCC. The van der Waals surface area contributed by atoms with Crippen molar-refractivity contribution in [3.05, 3.63) is 17.9 Å². The molecule has 0 saturated heterocycles. The molecule has 0 nitrogen and oxygen atoms in total. The minimum absolute atomic E-state index is 0.977. The van der Waals surface area contributed by atoms with E-state index in [2.05, 4.69) is 25.7 Å².